The number of nitriles is 1. The summed E-state index contributed by atoms with van der Waals surface area (Å²) in [7, 11) is 0. The van der Waals surface area contributed by atoms with E-state index in [1.807, 2.05) is 18.2 Å². The van der Waals surface area contributed by atoms with E-state index in [0.717, 1.165) is 28.8 Å². The molecule has 2 nitrogen and oxygen atoms in total. The van der Waals surface area contributed by atoms with Crippen molar-refractivity contribution in [2.75, 3.05) is 18.0 Å². The Morgan fingerprint density at radius 3 is 2.50 bits per heavy atom. The number of anilines is 1. The largest absolute Gasteiger partial charge is 0.370 e. The predicted molar refractivity (Wildman–Crippen MR) is 69.4 cm³/mol. The highest BCUT2D eigenvalue weighted by atomic mass is 79.9. The van der Waals surface area contributed by atoms with Gasteiger partial charge in [-0.05, 0) is 30.0 Å². The Morgan fingerprint density at radius 2 is 1.94 bits per heavy atom. The van der Waals surface area contributed by atoms with Crippen LogP contribution in [0, 0.1) is 23.2 Å². The van der Waals surface area contributed by atoms with Crippen LogP contribution in [-0.4, -0.2) is 13.1 Å². The molecule has 0 spiro atoms. The Hall–Kier alpha value is -1.01. The van der Waals surface area contributed by atoms with Gasteiger partial charge in [-0.3, -0.25) is 0 Å². The first-order valence-corrected chi connectivity index (χ1v) is 6.35. The van der Waals surface area contributed by atoms with Gasteiger partial charge in [0.15, 0.2) is 0 Å². The number of halogens is 1. The third-order valence-corrected chi connectivity index (χ3v) is 3.90. The van der Waals surface area contributed by atoms with Gasteiger partial charge in [-0.25, -0.2) is 0 Å². The Labute approximate surface area is 105 Å². The average Bonchev–Trinajstić information content (AvgIpc) is 2.59. The summed E-state index contributed by atoms with van der Waals surface area (Å²) in [4.78, 5) is 2.32. The van der Waals surface area contributed by atoms with E-state index in [9.17, 15) is 0 Å². The van der Waals surface area contributed by atoms with Gasteiger partial charge in [0.25, 0.3) is 0 Å². The smallest absolute Gasteiger partial charge is 0.101 e. The Bertz CT molecular complexity index is 426. The predicted octanol–water partition coefficient (Wildman–Crippen LogP) is 3.41. The summed E-state index contributed by atoms with van der Waals surface area (Å²) in [6.07, 6.45) is 0. The van der Waals surface area contributed by atoms with Crippen molar-refractivity contribution in [2.45, 2.75) is 13.8 Å². The van der Waals surface area contributed by atoms with Crippen molar-refractivity contribution >= 4 is 21.6 Å². The first-order valence-electron chi connectivity index (χ1n) is 5.56. The van der Waals surface area contributed by atoms with Gasteiger partial charge in [-0.2, -0.15) is 5.26 Å². The van der Waals surface area contributed by atoms with Crippen molar-refractivity contribution in [1.29, 1.82) is 5.26 Å². The fourth-order valence-electron chi connectivity index (χ4n) is 2.19. The lowest BCUT2D eigenvalue weighted by Crippen LogP contribution is -2.20. The molecule has 84 valence electrons. The second-order valence-corrected chi connectivity index (χ2v) is 5.55. The summed E-state index contributed by atoms with van der Waals surface area (Å²) in [6.45, 7) is 6.64. The fourth-order valence-corrected chi connectivity index (χ4v) is 2.54. The van der Waals surface area contributed by atoms with E-state index in [2.05, 4.69) is 40.7 Å². The molecule has 1 heterocycles. The molecule has 1 aliphatic heterocycles. The summed E-state index contributed by atoms with van der Waals surface area (Å²) in [5.41, 5.74) is 1.83. The first-order chi connectivity index (χ1) is 7.61. The summed E-state index contributed by atoms with van der Waals surface area (Å²) < 4.78 is 1.04. The molecule has 1 fully saturated rings. The van der Waals surface area contributed by atoms with Gasteiger partial charge in [0.2, 0.25) is 0 Å². The topological polar surface area (TPSA) is 27.0 Å². The van der Waals surface area contributed by atoms with Crippen molar-refractivity contribution < 1.29 is 0 Å². The lowest BCUT2D eigenvalue weighted by Gasteiger charge is -2.20. The number of rotatable bonds is 1. The average molecular weight is 279 g/mol. The lowest BCUT2D eigenvalue weighted by molar-refractivity contribution is 0.494. The Kier molecular flexibility index (Phi) is 3.20. The molecule has 2 rings (SSSR count). The standard InChI is InChI=1S/C13H15BrN2/c1-9-7-16(8-10(9)2)13-5-12(14)4-3-11(13)6-15/h3-5,9-10H,7-8H2,1-2H3. The van der Waals surface area contributed by atoms with Crippen LogP contribution in [0.2, 0.25) is 0 Å². The zero-order valence-electron chi connectivity index (χ0n) is 9.57. The van der Waals surface area contributed by atoms with E-state index in [-0.39, 0.29) is 0 Å². The molecule has 0 aromatic heterocycles. The van der Waals surface area contributed by atoms with E-state index >= 15 is 0 Å². The van der Waals surface area contributed by atoms with Crippen LogP contribution in [0.15, 0.2) is 22.7 Å². The number of benzene rings is 1. The van der Waals surface area contributed by atoms with Gasteiger partial charge in [0, 0.05) is 17.6 Å². The molecular weight excluding hydrogens is 264 g/mol. The van der Waals surface area contributed by atoms with Crippen molar-refractivity contribution in [2.24, 2.45) is 11.8 Å². The Balaban J connectivity index is 2.34. The maximum atomic E-state index is 9.11. The molecule has 1 saturated heterocycles. The van der Waals surface area contributed by atoms with Gasteiger partial charge < -0.3 is 4.90 Å². The van der Waals surface area contributed by atoms with Crippen LogP contribution in [0.5, 0.6) is 0 Å². The van der Waals surface area contributed by atoms with Gasteiger partial charge in [-0.15, -0.1) is 0 Å². The van der Waals surface area contributed by atoms with Crippen molar-refractivity contribution in [1.82, 2.24) is 0 Å². The molecule has 2 unspecified atom stereocenters. The third-order valence-electron chi connectivity index (χ3n) is 3.41. The molecule has 1 aromatic rings. The fraction of sp³-hybridized carbons (Fsp3) is 0.462. The van der Waals surface area contributed by atoms with Crippen LogP contribution < -0.4 is 4.90 Å². The maximum absolute atomic E-state index is 9.11. The maximum Gasteiger partial charge on any atom is 0.101 e. The number of hydrogen-bond acceptors (Lipinski definition) is 2. The van der Waals surface area contributed by atoms with Crippen LogP contribution >= 0.6 is 15.9 Å². The molecule has 0 N–H and O–H groups in total. The molecule has 16 heavy (non-hydrogen) atoms. The number of nitrogens with zero attached hydrogens (tertiary/aromatic N) is 2. The molecular formula is C13H15BrN2. The highest BCUT2D eigenvalue weighted by Crippen LogP contribution is 2.31. The second kappa shape index (κ2) is 4.47. The molecule has 0 radical (unpaired) electrons. The molecule has 1 aromatic carbocycles. The van der Waals surface area contributed by atoms with Gasteiger partial charge >= 0.3 is 0 Å². The normalized spacial score (nSPS) is 24.5. The van der Waals surface area contributed by atoms with E-state index in [4.69, 9.17) is 5.26 Å². The van der Waals surface area contributed by atoms with Crippen molar-refractivity contribution in [3.05, 3.63) is 28.2 Å². The van der Waals surface area contributed by atoms with Crippen LogP contribution in [0.1, 0.15) is 19.4 Å². The SMILES string of the molecule is CC1CN(c2cc(Br)ccc2C#N)CC1C. The van der Waals surface area contributed by atoms with Crippen molar-refractivity contribution in [3.8, 4) is 6.07 Å². The van der Waals surface area contributed by atoms with Crippen LogP contribution in [0.3, 0.4) is 0 Å². The van der Waals surface area contributed by atoms with E-state index < -0.39 is 0 Å². The summed E-state index contributed by atoms with van der Waals surface area (Å²) in [6, 6.07) is 8.12. The zero-order valence-corrected chi connectivity index (χ0v) is 11.2. The molecule has 0 amide bonds. The van der Waals surface area contributed by atoms with Gasteiger partial charge in [0.05, 0.1) is 11.3 Å². The zero-order chi connectivity index (χ0) is 11.7. The van der Waals surface area contributed by atoms with E-state index in [0.29, 0.717) is 11.8 Å². The molecule has 0 bridgehead atoms. The highest BCUT2D eigenvalue weighted by molar-refractivity contribution is 9.10. The molecule has 0 saturated carbocycles. The van der Waals surface area contributed by atoms with E-state index in [1.165, 1.54) is 0 Å². The molecule has 1 aliphatic rings. The van der Waals surface area contributed by atoms with Gasteiger partial charge in [-0.1, -0.05) is 29.8 Å². The monoisotopic (exact) mass is 278 g/mol. The molecule has 0 aliphatic carbocycles. The summed E-state index contributed by atoms with van der Waals surface area (Å²) in [5.74, 6) is 1.40. The summed E-state index contributed by atoms with van der Waals surface area (Å²) >= 11 is 3.47. The quantitative estimate of drug-likeness (QED) is 0.787. The third kappa shape index (κ3) is 2.08. The molecule has 3 heteroatoms. The first kappa shape index (κ1) is 11.5. The minimum atomic E-state index is 0.700. The van der Waals surface area contributed by atoms with Crippen LogP contribution in [-0.2, 0) is 0 Å². The van der Waals surface area contributed by atoms with Gasteiger partial charge in [0.1, 0.15) is 6.07 Å². The minimum absolute atomic E-state index is 0.700. The van der Waals surface area contributed by atoms with E-state index in [1.54, 1.807) is 0 Å². The lowest BCUT2D eigenvalue weighted by atomic mass is 10.0. The highest BCUT2D eigenvalue weighted by Gasteiger charge is 2.27. The summed E-state index contributed by atoms with van der Waals surface area (Å²) in [5, 5.41) is 9.11. The second-order valence-electron chi connectivity index (χ2n) is 4.63. The van der Waals surface area contributed by atoms with Crippen LogP contribution in [0.4, 0.5) is 5.69 Å². The van der Waals surface area contributed by atoms with Crippen molar-refractivity contribution in [3.63, 3.8) is 0 Å². The Morgan fingerprint density at radius 1 is 1.31 bits per heavy atom. The van der Waals surface area contributed by atoms with Crippen LogP contribution in [0.25, 0.3) is 0 Å². The minimum Gasteiger partial charge on any atom is -0.370 e. The number of hydrogen-bond donors (Lipinski definition) is 0. The molecule has 2 atom stereocenters.